The number of nitrogens with zero attached hydrogens (tertiary/aromatic N) is 4. The van der Waals surface area contributed by atoms with Crippen molar-refractivity contribution in [3.05, 3.63) is 12.7 Å². The topological polar surface area (TPSA) is 140 Å². The van der Waals surface area contributed by atoms with Gasteiger partial charge in [0.1, 0.15) is 30.2 Å². The number of ether oxygens (including phenoxy) is 1. The molecule has 9 heteroatoms. The maximum atomic E-state index is 10.6. The lowest BCUT2D eigenvalue weighted by molar-refractivity contribution is -0.160. The average molecular weight is 307 g/mol. The fourth-order valence-corrected chi connectivity index (χ4v) is 3.31. The SMILES string of the molecule is Nc1ncnc2c1ncn2[C@]1(C2CC2)O[C@H](CO)[C@@H](O)[C@H]1O. The van der Waals surface area contributed by atoms with Crippen LogP contribution in [0.25, 0.3) is 11.2 Å². The molecule has 4 atom stereocenters. The van der Waals surface area contributed by atoms with Crippen LogP contribution in [0, 0.1) is 5.92 Å². The molecule has 9 nitrogen and oxygen atoms in total. The van der Waals surface area contributed by atoms with Gasteiger partial charge in [0.05, 0.1) is 12.9 Å². The molecule has 0 amide bonds. The van der Waals surface area contributed by atoms with Gasteiger partial charge in [-0.05, 0) is 12.8 Å². The second kappa shape index (κ2) is 4.59. The summed E-state index contributed by atoms with van der Waals surface area (Å²) in [6.07, 6.45) is 1.28. The van der Waals surface area contributed by atoms with Crippen LogP contribution >= 0.6 is 0 Å². The van der Waals surface area contributed by atoms with Gasteiger partial charge in [-0.15, -0.1) is 0 Å². The predicted octanol–water partition coefficient (Wildman–Crippen LogP) is -1.42. The van der Waals surface area contributed by atoms with Crippen LogP contribution in [0.2, 0.25) is 0 Å². The molecule has 1 aliphatic heterocycles. The summed E-state index contributed by atoms with van der Waals surface area (Å²) in [4.78, 5) is 12.3. The van der Waals surface area contributed by atoms with Crippen LogP contribution in [0.3, 0.4) is 0 Å². The van der Waals surface area contributed by atoms with Gasteiger partial charge in [-0.2, -0.15) is 0 Å². The van der Waals surface area contributed by atoms with Crippen LogP contribution in [-0.4, -0.2) is 59.8 Å². The largest absolute Gasteiger partial charge is 0.394 e. The van der Waals surface area contributed by atoms with Crippen molar-refractivity contribution in [1.82, 2.24) is 19.5 Å². The van der Waals surface area contributed by atoms with Gasteiger partial charge in [-0.25, -0.2) is 15.0 Å². The van der Waals surface area contributed by atoms with Crippen LogP contribution in [0.4, 0.5) is 5.82 Å². The first-order valence-corrected chi connectivity index (χ1v) is 7.18. The summed E-state index contributed by atoms with van der Waals surface area (Å²) in [5, 5.41) is 30.2. The third-order valence-corrected chi connectivity index (χ3v) is 4.55. The van der Waals surface area contributed by atoms with E-state index in [2.05, 4.69) is 15.0 Å². The first-order valence-electron chi connectivity index (χ1n) is 7.18. The summed E-state index contributed by atoms with van der Waals surface area (Å²) in [5.74, 6) is 0.253. The van der Waals surface area contributed by atoms with E-state index in [0.29, 0.717) is 11.2 Å². The Morgan fingerprint density at radius 2 is 2.09 bits per heavy atom. The quantitative estimate of drug-likeness (QED) is 0.542. The van der Waals surface area contributed by atoms with Crippen LogP contribution in [0.1, 0.15) is 12.8 Å². The van der Waals surface area contributed by atoms with Crippen molar-refractivity contribution >= 4 is 17.0 Å². The molecule has 2 aromatic rings. The number of rotatable bonds is 3. The Labute approximate surface area is 125 Å². The molecule has 118 valence electrons. The van der Waals surface area contributed by atoms with E-state index < -0.39 is 24.0 Å². The monoisotopic (exact) mass is 307 g/mol. The first-order chi connectivity index (χ1) is 10.6. The smallest absolute Gasteiger partial charge is 0.179 e. The van der Waals surface area contributed by atoms with Crippen molar-refractivity contribution in [3.63, 3.8) is 0 Å². The molecular weight excluding hydrogens is 290 g/mol. The van der Waals surface area contributed by atoms with Gasteiger partial charge in [0.25, 0.3) is 0 Å². The van der Waals surface area contributed by atoms with Gasteiger partial charge in [0, 0.05) is 5.92 Å². The minimum absolute atomic E-state index is 0.0160. The summed E-state index contributed by atoms with van der Waals surface area (Å²) in [6.45, 7) is -0.379. The van der Waals surface area contributed by atoms with Crippen molar-refractivity contribution in [2.24, 2.45) is 5.92 Å². The zero-order valence-electron chi connectivity index (χ0n) is 11.7. The molecule has 5 N–H and O–H groups in total. The molecule has 4 rings (SSSR count). The van der Waals surface area contributed by atoms with Crippen molar-refractivity contribution < 1.29 is 20.1 Å². The fraction of sp³-hybridized carbons (Fsp3) is 0.615. The number of imidazole rings is 1. The molecule has 0 unspecified atom stereocenters. The number of nitrogens with two attached hydrogens (primary N) is 1. The van der Waals surface area contributed by atoms with E-state index in [-0.39, 0.29) is 18.3 Å². The van der Waals surface area contributed by atoms with Crippen molar-refractivity contribution in [3.8, 4) is 0 Å². The zero-order chi connectivity index (χ0) is 15.5. The number of aliphatic hydroxyl groups excluding tert-OH is 3. The average Bonchev–Trinajstić information content (AvgIpc) is 3.22. The molecular formula is C13H17N5O4. The fourth-order valence-electron chi connectivity index (χ4n) is 3.31. The normalized spacial score (nSPS) is 35.3. The van der Waals surface area contributed by atoms with E-state index in [4.69, 9.17) is 10.5 Å². The lowest BCUT2D eigenvalue weighted by atomic mass is 9.97. The van der Waals surface area contributed by atoms with E-state index in [0.717, 1.165) is 12.8 Å². The van der Waals surface area contributed by atoms with Gasteiger partial charge >= 0.3 is 0 Å². The van der Waals surface area contributed by atoms with E-state index in [1.807, 2.05) is 0 Å². The highest BCUT2D eigenvalue weighted by Gasteiger charge is 2.62. The Kier molecular flexibility index (Phi) is 2.89. The molecule has 0 spiro atoms. The third kappa shape index (κ3) is 1.64. The molecule has 1 saturated heterocycles. The minimum atomic E-state index is -1.19. The first kappa shape index (κ1) is 13.8. The predicted molar refractivity (Wildman–Crippen MR) is 74.4 cm³/mol. The highest BCUT2D eigenvalue weighted by atomic mass is 16.6. The molecule has 2 aliphatic rings. The minimum Gasteiger partial charge on any atom is -0.394 e. The molecule has 3 heterocycles. The lowest BCUT2D eigenvalue weighted by Crippen LogP contribution is -2.47. The molecule has 1 saturated carbocycles. The number of hydrogen-bond donors (Lipinski definition) is 4. The number of anilines is 1. The molecule has 0 aromatic carbocycles. The second-order valence-electron chi connectivity index (χ2n) is 5.85. The molecule has 1 aliphatic carbocycles. The summed E-state index contributed by atoms with van der Waals surface area (Å²) in [7, 11) is 0. The van der Waals surface area contributed by atoms with Crippen LogP contribution < -0.4 is 5.73 Å². The van der Waals surface area contributed by atoms with Crippen LogP contribution in [-0.2, 0) is 10.5 Å². The Morgan fingerprint density at radius 3 is 2.73 bits per heavy atom. The van der Waals surface area contributed by atoms with E-state index in [1.54, 1.807) is 4.57 Å². The van der Waals surface area contributed by atoms with Gasteiger partial charge in [-0.1, -0.05) is 0 Å². The molecule has 2 fully saturated rings. The zero-order valence-corrected chi connectivity index (χ0v) is 11.7. The van der Waals surface area contributed by atoms with Crippen LogP contribution in [0.5, 0.6) is 0 Å². The molecule has 2 aromatic heterocycles. The number of aliphatic hydroxyl groups is 3. The summed E-state index contributed by atoms with van der Waals surface area (Å²) in [5.41, 5.74) is 5.46. The number of nitrogen functional groups attached to an aromatic ring is 1. The number of aromatic nitrogens is 4. The van der Waals surface area contributed by atoms with Gasteiger partial charge < -0.3 is 25.8 Å². The van der Waals surface area contributed by atoms with Crippen molar-refractivity contribution in [1.29, 1.82) is 0 Å². The van der Waals surface area contributed by atoms with Crippen molar-refractivity contribution in [2.45, 2.75) is 36.9 Å². The lowest BCUT2D eigenvalue weighted by Gasteiger charge is -2.34. The Bertz CT molecular complexity index is 718. The van der Waals surface area contributed by atoms with E-state index in [9.17, 15) is 15.3 Å². The maximum Gasteiger partial charge on any atom is 0.179 e. The van der Waals surface area contributed by atoms with Crippen LogP contribution in [0.15, 0.2) is 12.7 Å². The summed E-state index contributed by atoms with van der Waals surface area (Å²) in [6, 6.07) is 0. The molecule has 0 radical (unpaired) electrons. The molecule has 22 heavy (non-hydrogen) atoms. The molecule has 0 bridgehead atoms. The second-order valence-corrected chi connectivity index (χ2v) is 5.85. The standard InChI is InChI=1S/C13H17N5O4/c14-11-8-12(16-4-15-11)18(5-17-8)13(6-1-2-6)10(21)9(20)7(3-19)22-13/h4-7,9-10,19-21H,1-3H2,(H2,14,15,16)/t7-,9-,10-,13-/m1/s1. The Balaban J connectivity index is 1.91. The Hall–Kier alpha value is -1.81. The number of fused-ring (bicyclic) bond motifs is 1. The van der Waals surface area contributed by atoms with E-state index in [1.165, 1.54) is 12.7 Å². The van der Waals surface area contributed by atoms with E-state index >= 15 is 0 Å². The number of hydrogen-bond acceptors (Lipinski definition) is 8. The van der Waals surface area contributed by atoms with Gasteiger partial charge in [0.15, 0.2) is 17.2 Å². The highest BCUT2D eigenvalue weighted by molar-refractivity contribution is 5.81. The summed E-state index contributed by atoms with van der Waals surface area (Å²) < 4.78 is 7.52. The Morgan fingerprint density at radius 1 is 1.32 bits per heavy atom. The third-order valence-electron chi connectivity index (χ3n) is 4.55. The van der Waals surface area contributed by atoms with Gasteiger partial charge in [-0.3, -0.25) is 4.57 Å². The van der Waals surface area contributed by atoms with Gasteiger partial charge in [0.2, 0.25) is 0 Å². The van der Waals surface area contributed by atoms with Crippen molar-refractivity contribution in [2.75, 3.05) is 12.3 Å². The summed E-state index contributed by atoms with van der Waals surface area (Å²) >= 11 is 0. The highest BCUT2D eigenvalue weighted by Crippen LogP contribution is 2.52. The maximum absolute atomic E-state index is 10.6.